The summed E-state index contributed by atoms with van der Waals surface area (Å²) < 4.78 is 38.2. The molecule has 0 fully saturated rings. The second kappa shape index (κ2) is 6.48. The number of anilines is 2. The molecule has 3 heterocycles. The molecule has 128 valence electrons. The van der Waals surface area contributed by atoms with Crippen molar-refractivity contribution in [1.29, 1.82) is 0 Å². The molecule has 0 bridgehead atoms. The van der Waals surface area contributed by atoms with Crippen molar-refractivity contribution in [2.75, 3.05) is 5.32 Å². The van der Waals surface area contributed by atoms with Crippen molar-refractivity contribution in [3.63, 3.8) is 0 Å². The van der Waals surface area contributed by atoms with Crippen LogP contribution in [0, 0.1) is 0 Å². The number of aromatic nitrogens is 3. The Kier molecular flexibility index (Phi) is 4.36. The molecular weight excluding hydrogens is 357 g/mol. The van der Waals surface area contributed by atoms with E-state index < -0.39 is 17.7 Å². The topological polar surface area (TPSA) is 88.0 Å². The minimum atomic E-state index is -4.51. The van der Waals surface area contributed by atoms with E-state index >= 15 is 0 Å². The monoisotopic (exact) mass is 366 g/mol. The normalized spacial score (nSPS) is 11.3. The summed E-state index contributed by atoms with van der Waals surface area (Å²) in [7, 11) is 0. The number of aromatic carboxylic acids is 1. The Hall–Kier alpha value is -3.01. The van der Waals surface area contributed by atoms with Gasteiger partial charge in [-0.2, -0.15) is 13.2 Å². The fourth-order valence-electron chi connectivity index (χ4n) is 1.98. The maximum Gasteiger partial charge on any atom is 0.416 e. The summed E-state index contributed by atoms with van der Waals surface area (Å²) in [5.74, 6) is -1.30. The lowest BCUT2D eigenvalue weighted by Gasteiger charge is -2.08. The molecule has 0 aliphatic rings. The number of nitrogens with zero attached hydrogens (tertiary/aromatic N) is 3. The first-order valence-corrected chi connectivity index (χ1v) is 7.62. The molecule has 0 aliphatic carbocycles. The summed E-state index contributed by atoms with van der Waals surface area (Å²) in [5, 5.41) is 12.0. The molecule has 0 spiro atoms. The number of carboxylic acid groups (broad SMARTS) is 1. The second-order valence-corrected chi connectivity index (χ2v) is 5.77. The molecule has 0 aliphatic heterocycles. The minimum absolute atomic E-state index is 0.0758. The molecule has 6 nitrogen and oxygen atoms in total. The van der Waals surface area contributed by atoms with Crippen molar-refractivity contribution in [3.8, 4) is 11.4 Å². The lowest BCUT2D eigenvalue weighted by atomic mass is 10.2. The first kappa shape index (κ1) is 16.8. The van der Waals surface area contributed by atoms with Crippen molar-refractivity contribution >= 4 is 28.3 Å². The average Bonchev–Trinajstić information content (AvgIpc) is 2.99. The number of hydrogen-bond acceptors (Lipinski definition) is 6. The highest BCUT2D eigenvalue weighted by atomic mass is 32.1. The number of rotatable bonds is 4. The van der Waals surface area contributed by atoms with Gasteiger partial charge in [-0.3, -0.25) is 4.98 Å². The largest absolute Gasteiger partial charge is 0.477 e. The van der Waals surface area contributed by atoms with Gasteiger partial charge in [-0.1, -0.05) is 17.4 Å². The molecule has 0 radical (unpaired) electrons. The van der Waals surface area contributed by atoms with Crippen LogP contribution < -0.4 is 5.32 Å². The average molecular weight is 366 g/mol. The van der Waals surface area contributed by atoms with Gasteiger partial charge >= 0.3 is 12.1 Å². The van der Waals surface area contributed by atoms with Gasteiger partial charge in [-0.05, 0) is 24.3 Å². The molecule has 0 aromatic carbocycles. The Morgan fingerprint density at radius 3 is 2.60 bits per heavy atom. The van der Waals surface area contributed by atoms with Crippen molar-refractivity contribution in [2.45, 2.75) is 6.18 Å². The minimum Gasteiger partial charge on any atom is -0.477 e. The molecule has 10 heteroatoms. The van der Waals surface area contributed by atoms with E-state index in [4.69, 9.17) is 0 Å². The first-order chi connectivity index (χ1) is 11.8. The fraction of sp³-hybridized carbons (Fsp3) is 0.0667. The molecule has 0 saturated carbocycles. The predicted octanol–water partition coefficient (Wildman–Crippen LogP) is 4.06. The maximum atomic E-state index is 12.7. The van der Waals surface area contributed by atoms with Crippen molar-refractivity contribution in [1.82, 2.24) is 15.0 Å². The standard InChI is InChI=1S/C15H9F3N4O2S/c16-15(17,18)8-4-6-20-10(7-8)21-14-22-11(12(25-14)13(23)24)9-3-1-2-5-19-9/h1-7H,(H,23,24)(H,20,21,22). The van der Waals surface area contributed by atoms with E-state index in [1.165, 1.54) is 6.20 Å². The van der Waals surface area contributed by atoms with Gasteiger partial charge in [-0.15, -0.1) is 0 Å². The summed E-state index contributed by atoms with van der Waals surface area (Å²) in [5.41, 5.74) is -0.390. The third-order valence-electron chi connectivity index (χ3n) is 3.05. The van der Waals surface area contributed by atoms with E-state index in [0.717, 1.165) is 29.7 Å². The lowest BCUT2D eigenvalue weighted by molar-refractivity contribution is -0.137. The molecule has 2 N–H and O–H groups in total. The predicted molar refractivity (Wildman–Crippen MR) is 84.8 cm³/mol. The maximum absolute atomic E-state index is 12.7. The van der Waals surface area contributed by atoms with E-state index in [9.17, 15) is 23.1 Å². The Balaban J connectivity index is 1.96. The molecule has 3 aromatic heterocycles. The highest BCUT2D eigenvalue weighted by Gasteiger charge is 2.31. The number of pyridine rings is 2. The second-order valence-electron chi connectivity index (χ2n) is 4.77. The number of carbonyl (C=O) groups is 1. The quantitative estimate of drug-likeness (QED) is 0.724. The van der Waals surface area contributed by atoms with Crippen LogP contribution in [0.5, 0.6) is 0 Å². The van der Waals surface area contributed by atoms with E-state index in [-0.39, 0.29) is 21.5 Å². The van der Waals surface area contributed by atoms with Gasteiger partial charge in [0.05, 0.1) is 11.3 Å². The third kappa shape index (κ3) is 3.74. The SMILES string of the molecule is O=C(O)c1sc(Nc2cc(C(F)(F)F)ccn2)nc1-c1ccccn1. The van der Waals surface area contributed by atoms with Crippen LogP contribution >= 0.6 is 11.3 Å². The Morgan fingerprint density at radius 1 is 1.16 bits per heavy atom. The smallest absolute Gasteiger partial charge is 0.416 e. The molecule has 3 rings (SSSR count). The van der Waals surface area contributed by atoms with Crippen LogP contribution in [0.1, 0.15) is 15.2 Å². The molecule has 0 amide bonds. The molecule has 25 heavy (non-hydrogen) atoms. The molecule has 3 aromatic rings. The fourth-order valence-corrected chi connectivity index (χ4v) is 2.80. The van der Waals surface area contributed by atoms with Gasteiger partial charge in [0, 0.05) is 12.4 Å². The number of nitrogens with one attached hydrogen (secondary N) is 1. The van der Waals surface area contributed by atoms with Crippen LogP contribution in [-0.2, 0) is 6.18 Å². The van der Waals surface area contributed by atoms with E-state index in [1.54, 1.807) is 18.2 Å². The summed E-state index contributed by atoms with van der Waals surface area (Å²) in [6.45, 7) is 0. The summed E-state index contributed by atoms with van der Waals surface area (Å²) in [6.07, 6.45) is -2.01. The molecule has 0 saturated heterocycles. The highest BCUT2D eigenvalue weighted by molar-refractivity contribution is 7.17. The molecule has 0 atom stereocenters. The van der Waals surface area contributed by atoms with Gasteiger partial charge in [0.25, 0.3) is 0 Å². The third-order valence-corrected chi connectivity index (χ3v) is 4.01. The zero-order valence-electron chi connectivity index (χ0n) is 12.3. The van der Waals surface area contributed by atoms with Crippen LogP contribution in [0.2, 0.25) is 0 Å². The van der Waals surface area contributed by atoms with Crippen molar-refractivity contribution in [2.24, 2.45) is 0 Å². The van der Waals surface area contributed by atoms with Crippen LogP contribution in [-0.4, -0.2) is 26.0 Å². The van der Waals surface area contributed by atoms with Crippen LogP contribution in [0.25, 0.3) is 11.4 Å². The number of thiazole rings is 1. The van der Waals surface area contributed by atoms with Crippen molar-refractivity contribution < 1.29 is 23.1 Å². The number of hydrogen-bond donors (Lipinski definition) is 2. The van der Waals surface area contributed by atoms with Gasteiger partial charge in [0.2, 0.25) is 0 Å². The van der Waals surface area contributed by atoms with Gasteiger partial charge in [0.1, 0.15) is 16.4 Å². The van der Waals surface area contributed by atoms with Gasteiger partial charge in [0.15, 0.2) is 5.13 Å². The van der Waals surface area contributed by atoms with Gasteiger partial charge < -0.3 is 10.4 Å². The van der Waals surface area contributed by atoms with Gasteiger partial charge in [-0.25, -0.2) is 14.8 Å². The van der Waals surface area contributed by atoms with E-state index in [1.807, 2.05) is 0 Å². The lowest BCUT2D eigenvalue weighted by Crippen LogP contribution is -2.06. The number of halogens is 3. The summed E-state index contributed by atoms with van der Waals surface area (Å²) in [4.78, 5) is 23.3. The Labute approximate surface area is 143 Å². The summed E-state index contributed by atoms with van der Waals surface area (Å²) in [6, 6.07) is 6.60. The zero-order chi connectivity index (χ0) is 18.0. The van der Waals surface area contributed by atoms with Crippen LogP contribution in [0.4, 0.5) is 24.1 Å². The first-order valence-electron chi connectivity index (χ1n) is 6.80. The number of carboxylic acids is 1. The van der Waals surface area contributed by atoms with E-state index in [0.29, 0.717) is 5.69 Å². The molecular formula is C15H9F3N4O2S. The van der Waals surface area contributed by atoms with Crippen LogP contribution in [0.3, 0.4) is 0 Å². The zero-order valence-corrected chi connectivity index (χ0v) is 13.1. The number of alkyl halides is 3. The Bertz CT molecular complexity index is 913. The van der Waals surface area contributed by atoms with Crippen LogP contribution in [0.15, 0.2) is 42.7 Å². The van der Waals surface area contributed by atoms with Crippen molar-refractivity contribution in [3.05, 3.63) is 53.2 Å². The molecule has 0 unspecified atom stereocenters. The summed E-state index contributed by atoms with van der Waals surface area (Å²) >= 11 is 0.788. The van der Waals surface area contributed by atoms with E-state index in [2.05, 4.69) is 20.3 Å². The highest BCUT2D eigenvalue weighted by Crippen LogP contribution is 2.33. The Morgan fingerprint density at radius 2 is 1.96 bits per heavy atom.